The van der Waals surface area contributed by atoms with Crippen LogP contribution >= 0.6 is 0 Å². The largest absolute Gasteiger partial charge is 0.445 e. The van der Waals surface area contributed by atoms with Gasteiger partial charge in [0.2, 0.25) is 0 Å². The number of pyridine rings is 1. The predicted octanol–water partition coefficient (Wildman–Crippen LogP) is 2.15. The molecule has 7 nitrogen and oxygen atoms in total. The number of likely N-dealkylation sites (N-methyl/N-ethyl adjacent to an activating group) is 1. The van der Waals surface area contributed by atoms with E-state index in [2.05, 4.69) is 47.6 Å². The van der Waals surface area contributed by atoms with Crippen LogP contribution in [0.1, 0.15) is 38.8 Å². The summed E-state index contributed by atoms with van der Waals surface area (Å²) in [6.07, 6.45) is 2.85. The summed E-state index contributed by atoms with van der Waals surface area (Å²) in [5, 5.41) is 14.6. The molecule has 7 heteroatoms. The van der Waals surface area contributed by atoms with E-state index in [-0.39, 0.29) is 6.61 Å². The lowest BCUT2D eigenvalue weighted by Crippen LogP contribution is -2.37. The van der Waals surface area contributed by atoms with Crippen molar-refractivity contribution in [3.63, 3.8) is 0 Å². The standard InChI is InChI=1S/C20H34N4O3/c1-15(2)13-17-5-4-6-18(23-17)24-11-8-16(9-12-24)7-10-22-20(26)27-14-19(25)21-3/h4-6,15-16,19,21,25H,7-14H2,1-3H3,(H,22,26). The molecule has 2 heterocycles. The summed E-state index contributed by atoms with van der Waals surface area (Å²) in [6.45, 7) is 6.98. The maximum Gasteiger partial charge on any atom is 0.407 e. The van der Waals surface area contributed by atoms with Crippen molar-refractivity contribution in [2.75, 3.05) is 38.2 Å². The minimum Gasteiger partial charge on any atom is -0.445 e. The van der Waals surface area contributed by atoms with Crippen LogP contribution in [0.5, 0.6) is 0 Å². The van der Waals surface area contributed by atoms with Crippen molar-refractivity contribution in [3.8, 4) is 0 Å². The van der Waals surface area contributed by atoms with E-state index in [9.17, 15) is 9.90 Å². The van der Waals surface area contributed by atoms with Crippen LogP contribution < -0.4 is 15.5 Å². The van der Waals surface area contributed by atoms with Crippen molar-refractivity contribution in [2.24, 2.45) is 11.8 Å². The van der Waals surface area contributed by atoms with Gasteiger partial charge in [-0.1, -0.05) is 19.9 Å². The number of alkyl carbamates (subject to hydrolysis) is 1. The Morgan fingerprint density at radius 1 is 1.37 bits per heavy atom. The fourth-order valence-corrected chi connectivity index (χ4v) is 3.29. The molecule has 1 aromatic rings. The van der Waals surface area contributed by atoms with Gasteiger partial charge in [-0.05, 0) is 56.7 Å². The third-order valence-electron chi connectivity index (χ3n) is 4.88. The molecule has 1 atom stereocenters. The fourth-order valence-electron chi connectivity index (χ4n) is 3.29. The van der Waals surface area contributed by atoms with Crippen molar-refractivity contribution < 1.29 is 14.6 Å². The Morgan fingerprint density at radius 2 is 2.11 bits per heavy atom. The number of rotatable bonds is 9. The number of nitrogens with one attached hydrogen (secondary N) is 2. The second-order valence-electron chi connectivity index (χ2n) is 7.63. The minimum absolute atomic E-state index is 0.0520. The van der Waals surface area contributed by atoms with E-state index in [4.69, 9.17) is 9.72 Å². The number of anilines is 1. The number of amides is 1. The Balaban J connectivity index is 1.67. The monoisotopic (exact) mass is 378 g/mol. The average molecular weight is 379 g/mol. The first-order chi connectivity index (χ1) is 13.0. The summed E-state index contributed by atoms with van der Waals surface area (Å²) in [5.74, 6) is 2.29. The fraction of sp³-hybridized carbons (Fsp3) is 0.700. The second-order valence-corrected chi connectivity index (χ2v) is 7.63. The van der Waals surface area contributed by atoms with Crippen LogP contribution in [0, 0.1) is 11.8 Å². The summed E-state index contributed by atoms with van der Waals surface area (Å²) >= 11 is 0. The van der Waals surface area contributed by atoms with Gasteiger partial charge in [-0.2, -0.15) is 0 Å². The predicted molar refractivity (Wildman–Crippen MR) is 107 cm³/mol. The van der Waals surface area contributed by atoms with Gasteiger partial charge in [-0.25, -0.2) is 9.78 Å². The molecular weight excluding hydrogens is 344 g/mol. The number of piperidine rings is 1. The topological polar surface area (TPSA) is 86.7 Å². The van der Waals surface area contributed by atoms with Crippen molar-refractivity contribution in [3.05, 3.63) is 23.9 Å². The van der Waals surface area contributed by atoms with Crippen LogP contribution in [0.3, 0.4) is 0 Å². The quantitative estimate of drug-likeness (QED) is 0.571. The Hall–Kier alpha value is -1.86. The van der Waals surface area contributed by atoms with E-state index < -0.39 is 12.3 Å². The molecule has 1 fully saturated rings. The van der Waals surface area contributed by atoms with Gasteiger partial charge in [-0.3, -0.25) is 5.32 Å². The lowest BCUT2D eigenvalue weighted by atomic mass is 9.93. The van der Waals surface area contributed by atoms with Gasteiger partial charge in [0.15, 0.2) is 0 Å². The van der Waals surface area contributed by atoms with Crippen LogP contribution in [0.15, 0.2) is 18.2 Å². The van der Waals surface area contributed by atoms with Crippen molar-refractivity contribution in [2.45, 2.75) is 45.8 Å². The third kappa shape index (κ3) is 7.72. The van der Waals surface area contributed by atoms with Crippen LogP contribution in [0.4, 0.5) is 10.6 Å². The second kappa shape index (κ2) is 11.1. The summed E-state index contributed by atoms with van der Waals surface area (Å²) in [7, 11) is 1.61. The van der Waals surface area contributed by atoms with Gasteiger partial charge >= 0.3 is 6.09 Å². The van der Waals surface area contributed by atoms with Gasteiger partial charge in [0, 0.05) is 25.3 Å². The van der Waals surface area contributed by atoms with Gasteiger partial charge < -0.3 is 20.1 Å². The summed E-state index contributed by atoms with van der Waals surface area (Å²) in [6, 6.07) is 6.31. The van der Waals surface area contributed by atoms with Crippen LogP contribution in [-0.4, -0.2) is 55.7 Å². The number of aliphatic hydroxyl groups is 1. The van der Waals surface area contributed by atoms with E-state index in [1.54, 1.807) is 7.05 Å². The Kier molecular flexibility index (Phi) is 8.81. The molecule has 27 heavy (non-hydrogen) atoms. The lowest BCUT2D eigenvalue weighted by molar-refractivity contribution is 0.0534. The van der Waals surface area contributed by atoms with Crippen LogP contribution in [0.2, 0.25) is 0 Å². The maximum absolute atomic E-state index is 11.6. The Bertz CT molecular complexity index is 574. The first-order valence-corrected chi connectivity index (χ1v) is 9.94. The molecule has 1 aliphatic rings. The number of hydrogen-bond acceptors (Lipinski definition) is 6. The molecule has 1 unspecified atom stereocenters. The van der Waals surface area contributed by atoms with E-state index >= 15 is 0 Å². The zero-order chi connectivity index (χ0) is 19.6. The minimum atomic E-state index is -0.826. The zero-order valence-electron chi connectivity index (χ0n) is 16.8. The average Bonchev–Trinajstić information content (AvgIpc) is 2.66. The number of ether oxygens (including phenoxy) is 1. The van der Waals surface area contributed by atoms with Gasteiger partial charge in [0.1, 0.15) is 18.7 Å². The number of aromatic nitrogens is 1. The molecule has 3 N–H and O–H groups in total. The first kappa shape index (κ1) is 21.4. The molecule has 0 bridgehead atoms. The molecule has 1 aromatic heterocycles. The third-order valence-corrected chi connectivity index (χ3v) is 4.88. The molecule has 1 aliphatic heterocycles. The molecular formula is C20H34N4O3. The van der Waals surface area contributed by atoms with E-state index in [0.29, 0.717) is 18.4 Å². The molecule has 1 saturated heterocycles. The summed E-state index contributed by atoms with van der Waals surface area (Å²) in [5.41, 5.74) is 1.16. The number of nitrogens with zero attached hydrogens (tertiary/aromatic N) is 2. The molecule has 0 radical (unpaired) electrons. The van der Waals surface area contributed by atoms with Crippen LogP contribution in [0.25, 0.3) is 0 Å². The molecule has 1 amide bonds. The lowest BCUT2D eigenvalue weighted by Gasteiger charge is -2.33. The highest BCUT2D eigenvalue weighted by Crippen LogP contribution is 2.24. The molecule has 2 rings (SSSR count). The summed E-state index contributed by atoms with van der Waals surface area (Å²) < 4.78 is 4.92. The SMILES string of the molecule is CNC(O)COC(=O)NCCC1CCN(c2cccc(CC(C)C)n2)CC1. The molecule has 0 aromatic carbocycles. The highest BCUT2D eigenvalue weighted by Gasteiger charge is 2.20. The van der Waals surface area contributed by atoms with Gasteiger partial charge in [0.05, 0.1) is 0 Å². The van der Waals surface area contributed by atoms with Gasteiger partial charge in [0.25, 0.3) is 0 Å². The number of carbonyl (C=O) groups is 1. The summed E-state index contributed by atoms with van der Waals surface area (Å²) in [4.78, 5) is 18.7. The Labute approximate surface area is 162 Å². The number of carbonyl (C=O) groups excluding carboxylic acids is 1. The van der Waals surface area contributed by atoms with Crippen LogP contribution in [-0.2, 0) is 11.2 Å². The normalized spacial score (nSPS) is 16.4. The number of hydrogen-bond donors (Lipinski definition) is 3. The van der Waals surface area contributed by atoms with Crippen molar-refractivity contribution in [1.82, 2.24) is 15.6 Å². The van der Waals surface area contributed by atoms with Gasteiger partial charge in [-0.15, -0.1) is 0 Å². The van der Waals surface area contributed by atoms with E-state index in [0.717, 1.165) is 50.3 Å². The molecule has 152 valence electrons. The van der Waals surface area contributed by atoms with E-state index in [1.165, 1.54) is 0 Å². The number of aliphatic hydroxyl groups excluding tert-OH is 1. The Morgan fingerprint density at radius 3 is 2.78 bits per heavy atom. The molecule has 0 saturated carbocycles. The maximum atomic E-state index is 11.6. The van der Waals surface area contributed by atoms with E-state index in [1.807, 2.05) is 0 Å². The highest BCUT2D eigenvalue weighted by molar-refractivity contribution is 5.67. The molecule has 0 aliphatic carbocycles. The molecule has 0 spiro atoms. The zero-order valence-corrected chi connectivity index (χ0v) is 16.8. The highest BCUT2D eigenvalue weighted by atomic mass is 16.6. The first-order valence-electron chi connectivity index (χ1n) is 9.94. The van der Waals surface area contributed by atoms with Crippen molar-refractivity contribution in [1.29, 1.82) is 0 Å². The van der Waals surface area contributed by atoms with Crippen molar-refractivity contribution >= 4 is 11.9 Å². The smallest absolute Gasteiger partial charge is 0.407 e.